The van der Waals surface area contributed by atoms with Gasteiger partial charge in [0.05, 0.1) is 0 Å². The minimum Gasteiger partial charge on any atom is -0.481 e. The van der Waals surface area contributed by atoms with Gasteiger partial charge >= 0.3 is 11.7 Å². The second-order valence-corrected chi connectivity index (χ2v) is 4.07. The molecule has 7 nitrogen and oxygen atoms in total. The summed E-state index contributed by atoms with van der Waals surface area (Å²) in [4.78, 5) is 33.2. The minimum absolute atomic E-state index is 0.332. The van der Waals surface area contributed by atoms with Crippen molar-refractivity contribution in [1.82, 2.24) is 5.32 Å². The van der Waals surface area contributed by atoms with Crippen LogP contribution in [0.1, 0.15) is 6.92 Å². The molecule has 2 aromatic rings. The van der Waals surface area contributed by atoms with Crippen LogP contribution in [0.3, 0.4) is 0 Å². The summed E-state index contributed by atoms with van der Waals surface area (Å²) in [7, 11) is 0. The number of benzene rings is 1. The van der Waals surface area contributed by atoms with Crippen LogP contribution in [0, 0.1) is 0 Å². The SMILES string of the molecule is C[C@H](Oc1ccc2ccc(=O)oc2c1)C(=O)NC(N)=O. The van der Waals surface area contributed by atoms with Gasteiger partial charge in [-0.05, 0) is 25.1 Å². The maximum Gasteiger partial charge on any atom is 0.336 e. The summed E-state index contributed by atoms with van der Waals surface area (Å²) in [6.45, 7) is 1.46. The lowest BCUT2D eigenvalue weighted by Gasteiger charge is -2.13. The number of nitrogens with one attached hydrogen (secondary N) is 1. The van der Waals surface area contributed by atoms with Crippen molar-refractivity contribution in [1.29, 1.82) is 0 Å². The number of imide groups is 1. The predicted octanol–water partition coefficient (Wildman–Crippen LogP) is 0.755. The Bertz CT molecular complexity index is 722. The van der Waals surface area contributed by atoms with Crippen LogP contribution in [0.15, 0.2) is 39.5 Å². The van der Waals surface area contributed by atoms with Gasteiger partial charge < -0.3 is 14.9 Å². The molecule has 0 radical (unpaired) electrons. The Hall–Kier alpha value is -2.83. The van der Waals surface area contributed by atoms with E-state index >= 15 is 0 Å². The molecule has 0 aliphatic rings. The van der Waals surface area contributed by atoms with Gasteiger partial charge in [0.25, 0.3) is 5.91 Å². The number of hydrogen-bond acceptors (Lipinski definition) is 5. The van der Waals surface area contributed by atoms with Crippen LogP contribution in [0.5, 0.6) is 5.75 Å². The first-order valence-corrected chi connectivity index (χ1v) is 5.76. The smallest absolute Gasteiger partial charge is 0.336 e. The first-order chi connectivity index (χ1) is 9.45. The molecule has 3 amide bonds. The normalized spacial score (nSPS) is 11.8. The summed E-state index contributed by atoms with van der Waals surface area (Å²) in [5.41, 5.74) is 4.71. The van der Waals surface area contributed by atoms with E-state index in [-0.39, 0.29) is 0 Å². The van der Waals surface area contributed by atoms with Crippen LogP contribution in [0.2, 0.25) is 0 Å². The summed E-state index contributed by atoms with van der Waals surface area (Å²) >= 11 is 0. The molecular formula is C13H12N2O5. The van der Waals surface area contributed by atoms with Gasteiger partial charge in [-0.1, -0.05) is 0 Å². The standard InChI is InChI=1S/C13H12N2O5/c1-7(12(17)15-13(14)18)19-9-4-2-8-3-5-11(16)20-10(8)6-9/h2-7H,1H3,(H3,14,15,17,18)/t7-/m0/s1. The van der Waals surface area contributed by atoms with Crippen molar-refractivity contribution in [2.24, 2.45) is 5.73 Å². The lowest BCUT2D eigenvalue weighted by atomic mass is 10.2. The van der Waals surface area contributed by atoms with Crippen molar-refractivity contribution in [2.45, 2.75) is 13.0 Å². The van der Waals surface area contributed by atoms with Gasteiger partial charge in [0.15, 0.2) is 6.10 Å². The predicted molar refractivity (Wildman–Crippen MR) is 70.3 cm³/mol. The number of carbonyl (C=O) groups excluding carboxylic acids is 2. The number of urea groups is 1. The zero-order valence-corrected chi connectivity index (χ0v) is 10.6. The maximum absolute atomic E-state index is 11.5. The first-order valence-electron chi connectivity index (χ1n) is 5.76. The number of nitrogens with two attached hydrogens (primary N) is 1. The number of ether oxygens (including phenoxy) is 1. The fraction of sp³-hybridized carbons (Fsp3) is 0.154. The van der Waals surface area contributed by atoms with E-state index in [1.54, 1.807) is 18.2 Å². The fourth-order valence-electron chi connectivity index (χ4n) is 1.59. The zero-order chi connectivity index (χ0) is 14.7. The highest BCUT2D eigenvalue weighted by Crippen LogP contribution is 2.20. The van der Waals surface area contributed by atoms with Gasteiger partial charge in [-0.2, -0.15) is 0 Å². The number of fused-ring (bicyclic) bond motifs is 1. The number of primary amides is 1. The molecule has 0 spiro atoms. The number of carbonyl (C=O) groups is 2. The summed E-state index contributed by atoms with van der Waals surface area (Å²) < 4.78 is 10.3. The Labute approximate surface area is 113 Å². The molecule has 104 valence electrons. The van der Waals surface area contributed by atoms with Crippen molar-refractivity contribution in [3.05, 3.63) is 40.8 Å². The van der Waals surface area contributed by atoms with E-state index in [0.717, 1.165) is 5.39 Å². The van der Waals surface area contributed by atoms with Crippen LogP contribution < -0.4 is 21.4 Å². The molecule has 1 aromatic carbocycles. The molecule has 3 N–H and O–H groups in total. The van der Waals surface area contributed by atoms with Gasteiger partial charge in [0, 0.05) is 17.5 Å². The Kier molecular flexibility index (Phi) is 3.69. The van der Waals surface area contributed by atoms with Gasteiger partial charge in [0.1, 0.15) is 11.3 Å². The molecule has 7 heteroatoms. The van der Waals surface area contributed by atoms with E-state index in [0.29, 0.717) is 11.3 Å². The molecule has 0 aliphatic carbocycles. The Balaban J connectivity index is 2.19. The minimum atomic E-state index is -0.949. The fourth-order valence-corrected chi connectivity index (χ4v) is 1.59. The first kappa shape index (κ1) is 13.6. The highest BCUT2D eigenvalue weighted by atomic mass is 16.5. The number of hydrogen-bond donors (Lipinski definition) is 2. The molecule has 0 bridgehead atoms. The van der Waals surface area contributed by atoms with Crippen LogP contribution in [0.4, 0.5) is 4.79 Å². The van der Waals surface area contributed by atoms with E-state index in [1.165, 1.54) is 19.1 Å². The molecule has 0 saturated carbocycles. The van der Waals surface area contributed by atoms with E-state index in [9.17, 15) is 14.4 Å². The lowest BCUT2D eigenvalue weighted by molar-refractivity contribution is -0.126. The van der Waals surface area contributed by atoms with Crippen molar-refractivity contribution < 1.29 is 18.7 Å². The van der Waals surface area contributed by atoms with E-state index in [1.807, 2.05) is 5.32 Å². The Morgan fingerprint density at radius 2 is 2.00 bits per heavy atom. The van der Waals surface area contributed by atoms with Crippen LogP contribution in [-0.4, -0.2) is 18.0 Å². The highest BCUT2D eigenvalue weighted by molar-refractivity contribution is 5.95. The van der Waals surface area contributed by atoms with Gasteiger partial charge in [0.2, 0.25) is 0 Å². The van der Waals surface area contributed by atoms with Gasteiger partial charge in [-0.3, -0.25) is 10.1 Å². The molecular weight excluding hydrogens is 264 g/mol. The zero-order valence-electron chi connectivity index (χ0n) is 10.6. The molecule has 0 saturated heterocycles. The molecule has 1 heterocycles. The van der Waals surface area contributed by atoms with Crippen molar-refractivity contribution in [2.75, 3.05) is 0 Å². The maximum atomic E-state index is 11.5. The molecule has 2 rings (SSSR count). The second-order valence-electron chi connectivity index (χ2n) is 4.07. The molecule has 0 fully saturated rings. The quantitative estimate of drug-likeness (QED) is 0.803. The second kappa shape index (κ2) is 5.43. The van der Waals surface area contributed by atoms with Gasteiger partial charge in [-0.25, -0.2) is 9.59 Å². The summed E-state index contributed by atoms with van der Waals surface area (Å²) in [5, 5.41) is 2.64. The lowest BCUT2D eigenvalue weighted by Crippen LogP contribution is -2.42. The topological polar surface area (TPSA) is 112 Å². The van der Waals surface area contributed by atoms with Crippen molar-refractivity contribution >= 4 is 22.9 Å². The third-order valence-electron chi connectivity index (χ3n) is 2.52. The highest BCUT2D eigenvalue weighted by Gasteiger charge is 2.16. The van der Waals surface area contributed by atoms with Crippen LogP contribution in [0.25, 0.3) is 11.0 Å². The third-order valence-corrected chi connectivity index (χ3v) is 2.52. The molecule has 0 unspecified atom stereocenters. The van der Waals surface area contributed by atoms with E-state index in [4.69, 9.17) is 14.9 Å². The number of amides is 3. The summed E-state index contributed by atoms with van der Waals surface area (Å²) in [6, 6.07) is 6.78. The monoisotopic (exact) mass is 276 g/mol. The van der Waals surface area contributed by atoms with Crippen LogP contribution in [-0.2, 0) is 4.79 Å². The largest absolute Gasteiger partial charge is 0.481 e. The van der Waals surface area contributed by atoms with Crippen molar-refractivity contribution in [3.63, 3.8) is 0 Å². The summed E-state index contributed by atoms with van der Waals surface area (Å²) in [5.74, 6) is -0.328. The Morgan fingerprint density at radius 1 is 1.30 bits per heavy atom. The van der Waals surface area contributed by atoms with Crippen LogP contribution >= 0.6 is 0 Å². The third kappa shape index (κ3) is 3.14. The molecule has 20 heavy (non-hydrogen) atoms. The van der Waals surface area contributed by atoms with Gasteiger partial charge in [-0.15, -0.1) is 0 Å². The molecule has 1 aromatic heterocycles. The Morgan fingerprint density at radius 3 is 2.70 bits per heavy atom. The average Bonchev–Trinajstić information content (AvgIpc) is 2.37. The van der Waals surface area contributed by atoms with E-state index < -0.39 is 23.7 Å². The molecule has 1 atom stereocenters. The average molecular weight is 276 g/mol. The summed E-state index contributed by atoms with van der Waals surface area (Å²) in [6.07, 6.45) is -0.921. The van der Waals surface area contributed by atoms with Crippen molar-refractivity contribution in [3.8, 4) is 5.75 Å². The molecule has 0 aliphatic heterocycles. The van der Waals surface area contributed by atoms with E-state index in [2.05, 4.69) is 0 Å². The number of rotatable bonds is 3.